The van der Waals surface area contributed by atoms with Crippen molar-refractivity contribution < 1.29 is 9.90 Å². The quantitative estimate of drug-likeness (QED) is 0.710. The molecule has 0 bridgehead atoms. The summed E-state index contributed by atoms with van der Waals surface area (Å²) < 4.78 is 0.824. The van der Waals surface area contributed by atoms with Crippen molar-refractivity contribution in [2.45, 2.75) is 6.42 Å². The molecule has 0 saturated carbocycles. The number of rotatable bonds is 3. The van der Waals surface area contributed by atoms with Gasteiger partial charge in [-0.3, -0.25) is 4.79 Å². The Morgan fingerprint density at radius 3 is 3.00 bits per heavy atom. The minimum Gasteiger partial charge on any atom is -0.506 e. The number of hydrogen-bond acceptors (Lipinski definition) is 5. The van der Waals surface area contributed by atoms with Crippen molar-refractivity contribution in [3.63, 3.8) is 0 Å². The van der Waals surface area contributed by atoms with Crippen molar-refractivity contribution in [2.75, 3.05) is 5.73 Å². The van der Waals surface area contributed by atoms with Crippen molar-refractivity contribution in [3.05, 3.63) is 29.8 Å². The molecule has 1 aromatic carbocycles. The van der Waals surface area contributed by atoms with Crippen LogP contribution in [0.2, 0.25) is 0 Å². The number of primary amides is 1. The van der Waals surface area contributed by atoms with Gasteiger partial charge in [0.05, 0.1) is 4.70 Å². The third-order valence-corrected chi connectivity index (χ3v) is 3.02. The predicted molar refractivity (Wildman–Crippen MR) is 67.7 cm³/mol. The number of phenols is 1. The van der Waals surface area contributed by atoms with Gasteiger partial charge in [-0.2, -0.15) is 0 Å². The number of hydrogen-bond donors (Lipinski definition) is 3. The summed E-state index contributed by atoms with van der Waals surface area (Å²) in [5.74, 6) is -0.393. The van der Waals surface area contributed by atoms with Gasteiger partial charge in [-0.05, 0) is 30.2 Å². The smallest absolute Gasteiger partial charge is 0.241 e. The summed E-state index contributed by atoms with van der Waals surface area (Å²) in [6.45, 7) is 0. The number of benzene rings is 1. The number of nitrogens with two attached hydrogens (primary N) is 2. The second-order valence-electron chi connectivity index (χ2n) is 3.52. The molecule has 0 radical (unpaired) electrons. The van der Waals surface area contributed by atoms with Crippen LogP contribution in [0, 0.1) is 0 Å². The van der Waals surface area contributed by atoms with Crippen LogP contribution in [0.1, 0.15) is 5.56 Å². The number of nitrogen functional groups attached to an aromatic ring is 1. The van der Waals surface area contributed by atoms with Gasteiger partial charge in [0.15, 0.2) is 5.13 Å². The fourth-order valence-corrected chi connectivity index (χ4v) is 2.33. The minimum absolute atomic E-state index is 0.0953. The second-order valence-corrected chi connectivity index (χ2v) is 4.58. The first-order chi connectivity index (χ1) is 8.06. The fraction of sp³-hybridized carbons (Fsp3) is 0.0909. The molecule has 1 heterocycles. The topological polar surface area (TPSA) is 102 Å². The Hall–Kier alpha value is -2.08. The number of aromatic hydroxyl groups is 1. The molecule has 0 saturated heterocycles. The summed E-state index contributed by atoms with van der Waals surface area (Å²) in [4.78, 5) is 14.6. The van der Waals surface area contributed by atoms with Gasteiger partial charge in [-0.25, -0.2) is 4.98 Å². The molecule has 17 heavy (non-hydrogen) atoms. The molecule has 0 atom stereocenters. The number of fused-ring (bicyclic) bond motifs is 1. The SMILES string of the molecule is NC(=O)/C=C/Cc1cc(O)c2nc(N)sc2c1. The van der Waals surface area contributed by atoms with Crippen LogP contribution in [-0.4, -0.2) is 16.0 Å². The molecule has 1 amide bonds. The van der Waals surface area contributed by atoms with Crippen molar-refractivity contribution in [2.24, 2.45) is 5.73 Å². The largest absolute Gasteiger partial charge is 0.506 e. The summed E-state index contributed by atoms with van der Waals surface area (Å²) in [6.07, 6.45) is 3.46. The molecule has 0 fully saturated rings. The molecule has 0 spiro atoms. The average molecular weight is 249 g/mol. The third kappa shape index (κ3) is 2.54. The van der Waals surface area contributed by atoms with E-state index in [-0.39, 0.29) is 5.75 Å². The van der Waals surface area contributed by atoms with Gasteiger partial charge in [0, 0.05) is 0 Å². The summed E-state index contributed by atoms with van der Waals surface area (Å²) >= 11 is 1.31. The van der Waals surface area contributed by atoms with E-state index in [0.29, 0.717) is 17.1 Å². The van der Waals surface area contributed by atoms with Gasteiger partial charge < -0.3 is 16.6 Å². The Bertz CT molecular complexity index is 604. The van der Waals surface area contributed by atoms with Crippen LogP contribution in [0.3, 0.4) is 0 Å². The molecule has 0 aliphatic carbocycles. The van der Waals surface area contributed by atoms with Gasteiger partial charge in [0.25, 0.3) is 0 Å². The molecule has 6 heteroatoms. The van der Waals surface area contributed by atoms with Crippen molar-refractivity contribution in [3.8, 4) is 5.75 Å². The predicted octanol–water partition coefficient (Wildman–Crippen LogP) is 1.17. The van der Waals surface area contributed by atoms with Crippen LogP contribution in [-0.2, 0) is 11.2 Å². The van der Waals surface area contributed by atoms with E-state index in [9.17, 15) is 9.90 Å². The molecular weight excluding hydrogens is 238 g/mol. The van der Waals surface area contributed by atoms with Gasteiger partial charge in [0.1, 0.15) is 11.3 Å². The number of nitrogens with zero attached hydrogens (tertiary/aromatic N) is 1. The first-order valence-corrected chi connectivity index (χ1v) is 5.72. The maximum atomic E-state index is 10.5. The number of amides is 1. The van der Waals surface area contributed by atoms with Crippen LogP contribution in [0.25, 0.3) is 10.2 Å². The van der Waals surface area contributed by atoms with Gasteiger partial charge >= 0.3 is 0 Å². The maximum Gasteiger partial charge on any atom is 0.241 e. The van der Waals surface area contributed by atoms with Crippen molar-refractivity contribution in [1.82, 2.24) is 4.98 Å². The van der Waals surface area contributed by atoms with E-state index >= 15 is 0 Å². The van der Waals surface area contributed by atoms with E-state index < -0.39 is 5.91 Å². The first-order valence-electron chi connectivity index (χ1n) is 4.90. The summed E-state index contributed by atoms with van der Waals surface area (Å²) in [7, 11) is 0. The van der Waals surface area contributed by atoms with Crippen LogP contribution in [0.4, 0.5) is 5.13 Å². The zero-order valence-electron chi connectivity index (χ0n) is 8.88. The van der Waals surface area contributed by atoms with Crippen molar-refractivity contribution >= 4 is 32.6 Å². The van der Waals surface area contributed by atoms with E-state index in [4.69, 9.17) is 11.5 Å². The van der Waals surface area contributed by atoms with Gasteiger partial charge in [-0.1, -0.05) is 17.4 Å². The Morgan fingerprint density at radius 2 is 2.29 bits per heavy atom. The lowest BCUT2D eigenvalue weighted by Crippen LogP contribution is -2.05. The number of phenolic OH excluding ortho intramolecular Hbond substituents is 1. The summed E-state index contributed by atoms with van der Waals surface area (Å²) in [5.41, 5.74) is 11.9. The number of carbonyl (C=O) groups is 1. The van der Waals surface area contributed by atoms with Crippen LogP contribution in [0.5, 0.6) is 5.75 Å². The van der Waals surface area contributed by atoms with E-state index in [1.54, 1.807) is 12.1 Å². The number of allylic oxidation sites excluding steroid dienone is 1. The average Bonchev–Trinajstić information content (AvgIpc) is 2.58. The van der Waals surface area contributed by atoms with Crippen LogP contribution in [0.15, 0.2) is 24.3 Å². The molecule has 0 aliphatic heterocycles. The highest BCUT2D eigenvalue weighted by molar-refractivity contribution is 7.22. The number of aromatic nitrogens is 1. The first kappa shape index (κ1) is 11.4. The molecular formula is C11H11N3O2S. The van der Waals surface area contributed by atoms with Crippen LogP contribution >= 0.6 is 11.3 Å². The summed E-state index contributed by atoms with van der Waals surface area (Å²) in [6, 6.07) is 3.49. The number of carbonyl (C=O) groups excluding carboxylic acids is 1. The zero-order valence-corrected chi connectivity index (χ0v) is 9.70. The lowest BCUT2D eigenvalue weighted by molar-refractivity contribution is -0.113. The Labute approximate surface area is 101 Å². The van der Waals surface area contributed by atoms with E-state index in [2.05, 4.69) is 4.98 Å². The zero-order chi connectivity index (χ0) is 12.4. The standard InChI is InChI=1S/C11H11N3O2S/c12-9(16)3-1-2-6-4-7(15)10-8(5-6)17-11(13)14-10/h1,3-5,15H,2H2,(H2,12,16)(H2,13,14)/b3-1+. The highest BCUT2D eigenvalue weighted by Crippen LogP contribution is 2.31. The molecule has 0 unspecified atom stereocenters. The molecule has 88 valence electrons. The molecule has 2 aromatic rings. The molecule has 5 nitrogen and oxygen atoms in total. The number of thiazole rings is 1. The maximum absolute atomic E-state index is 10.5. The lowest BCUT2D eigenvalue weighted by Gasteiger charge is -1.99. The fourth-order valence-electron chi connectivity index (χ4n) is 1.51. The Kier molecular flexibility index (Phi) is 2.97. The Balaban J connectivity index is 2.33. The lowest BCUT2D eigenvalue weighted by atomic mass is 10.1. The molecule has 1 aromatic heterocycles. The Morgan fingerprint density at radius 1 is 1.53 bits per heavy atom. The van der Waals surface area contributed by atoms with Gasteiger partial charge in [-0.15, -0.1) is 0 Å². The second kappa shape index (κ2) is 4.42. The van der Waals surface area contributed by atoms with E-state index in [1.807, 2.05) is 6.07 Å². The molecule has 0 aliphatic rings. The monoisotopic (exact) mass is 249 g/mol. The number of anilines is 1. The molecule has 5 N–H and O–H groups in total. The highest BCUT2D eigenvalue weighted by Gasteiger charge is 2.07. The van der Waals surface area contributed by atoms with Gasteiger partial charge in [0.2, 0.25) is 5.91 Å². The minimum atomic E-state index is -0.489. The third-order valence-electron chi connectivity index (χ3n) is 2.19. The highest BCUT2D eigenvalue weighted by atomic mass is 32.1. The van der Waals surface area contributed by atoms with Crippen molar-refractivity contribution in [1.29, 1.82) is 0 Å². The summed E-state index contributed by atoms with van der Waals surface area (Å²) in [5, 5.41) is 10.2. The normalized spacial score (nSPS) is 11.3. The van der Waals surface area contributed by atoms with E-state index in [1.165, 1.54) is 17.4 Å². The molecule has 2 rings (SSSR count). The van der Waals surface area contributed by atoms with E-state index in [0.717, 1.165) is 10.3 Å². The van der Waals surface area contributed by atoms with Crippen LogP contribution < -0.4 is 11.5 Å².